The van der Waals surface area contributed by atoms with Gasteiger partial charge in [0.1, 0.15) is 5.76 Å². The van der Waals surface area contributed by atoms with Crippen LogP contribution in [0.1, 0.15) is 13.8 Å². The Kier molecular flexibility index (Phi) is 4.38. The second-order valence-corrected chi connectivity index (χ2v) is 2.27. The van der Waals surface area contributed by atoms with Gasteiger partial charge in [0.05, 0.1) is 7.11 Å². The van der Waals surface area contributed by atoms with Crippen molar-refractivity contribution in [3.8, 4) is 0 Å². The maximum atomic E-state index is 4.82. The topological polar surface area (TPSA) is 9.23 Å². The van der Waals surface area contributed by atoms with Crippen LogP contribution in [0.3, 0.4) is 0 Å². The maximum absolute atomic E-state index is 4.82. The zero-order valence-electron chi connectivity index (χ0n) is 6.85. The van der Waals surface area contributed by atoms with Gasteiger partial charge >= 0.3 is 0 Å². The lowest BCUT2D eigenvalue weighted by Gasteiger charge is -1.93. The zero-order chi connectivity index (χ0) is 7.98. The highest BCUT2D eigenvalue weighted by Crippen LogP contribution is 1.94. The van der Waals surface area contributed by atoms with Gasteiger partial charge in [0.2, 0.25) is 0 Å². The molecule has 56 valence electrons. The number of methoxy groups -OCH3 is 1. The van der Waals surface area contributed by atoms with Gasteiger partial charge in [-0.2, -0.15) is 0 Å². The molecule has 0 radical (unpaired) electrons. The van der Waals surface area contributed by atoms with E-state index in [1.807, 2.05) is 32.1 Å². The van der Waals surface area contributed by atoms with E-state index in [1.165, 1.54) is 5.57 Å². The Labute approximate surface area is 62.7 Å². The molecule has 0 aromatic rings. The van der Waals surface area contributed by atoms with Crippen LogP contribution >= 0.6 is 0 Å². The molecule has 0 saturated heterocycles. The van der Waals surface area contributed by atoms with Gasteiger partial charge < -0.3 is 4.74 Å². The summed E-state index contributed by atoms with van der Waals surface area (Å²) >= 11 is 0. The Bertz CT molecular complexity index is 160. The minimum absolute atomic E-state index is 0.678. The fourth-order valence-electron chi connectivity index (χ4n) is 0.416. The molecule has 0 heterocycles. The SMILES string of the molecule is C=C(C=CC=C(C)C)OC. The Hall–Kier alpha value is -0.980. The van der Waals surface area contributed by atoms with Gasteiger partial charge in [-0.3, -0.25) is 0 Å². The first-order valence-electron chi connectivity index (χ1n) is 3.21. The first-order valence-corrected chi connectivity index (χ1v) is 3.21. The van der Waals surface area contributed by atoms with Crippen molar-refractivity contribution >= 4 is 0 Å². The molecule has 10 heavy (non-hydrogen) atoms. The van der Waals surface area contributed by atoms with E-state index in [2.05, 4.69) is 6.58 Å². The van der Waals surface area contributed by atoms with Crippen molar-refractivity contribution < 1.29 is 4.74 Å². The summed E-state index contributed by atoms with van der Waals surface area (Å²) in [4.78, 5) is 0. The molecule has 0 aliphatic carbocycles. The molecule has 0 aliphatic rings. The van der Waals surface area contributed by atoms with Gasteiger partial charge in [-0.1, -0.05) is 24.3 Å². The molecule has 0 bridgehead atoms. The second-order valence-electron chi connectivity index (χ2n) is 2.27. The van der Waals surface area contributed by atoms with Crippen LogP contribution in [0.5, 0.6) is 0 Å². The molecule has 0 fully saturated rings. The number of ether oxygens (including phenoxy) is 1. The molecule has 1 nitrogen and oxygen atoms in total. The predicted octanol–water partition coefficient (Wildman–Crippen LogP) is 2.67. The van der Waals surface area contributed by atoms with E-state index in [0.29, 0.717) is 5.76 Å². The van der Waals surface area contributed by atoms with Gasteiger partial charge in [0.25, 0.3) is 0 Å². The van der Waals surface area contributed by atoms with Crippen LogP contribution in [-0.4, -0.2) is 7.11 Å². The summed E-state index contributed by atoms with van der Waals surface area (Å²) < 4.78 is 4.82. The fourth-order valence-corrected chi connectivity index (χ4v) is 0.416. The quantitative estimate of drug-likeness (QED) is 0.430. The van der Waals surface area contributed by atoms with Gasteiger partial charge in [0.15, 0.2) is 0 Å². The van der Waals surface area contributed by atoms with Crippen LogP contribution in [0.15, 0.2) is 36.1 Å². The highest BCUT2D eigenvalue weighted by atomic mass is 16.5. The number of hydrogen-bond donors (Lipinski definition) is 0. The normalized spacial score (nSPS) is 9.50. The number of allylic oxidation sites excluding steroid dienone is 4. The summed E-state index contributed by atoms with van der Waals surface area (Å²) in [5.41, 5.74) is 1.26. The van der Waals surface area contributed by atoms with Crippen LogP contribution in [0.25, 0.3) is 0 Å². The summed E-state index contributed by atoms with van der Waals surface area (Å²) in [5.74, 6) is 0.678. The van der Waals surface area contributed by atoms with Crippen LogP contribution in [0.4, 0.5) is 0 Å². The van der Waals surface area contributed by atoms with E-state index < -0.39 is 0 Å². The van der Waals surface area contributed by atoms with Crippen molar-refractivity contribution in [3.63, 3.8) is 0 Å². The molecule has 0 aromatic carbocycles. The Balaban J connectivity index is 3.77. The monoisotopic (exact) mass is 138 g/mol. The molecule has 0 N–H and O–H groups in total. The molecule has 0 saturated carbocycles. The Morgan fingerprint density at radius 3 is 2.40 bits per heavy atom. The van der Waals surface area contributed by atoms with Crippen molar-refractivity contribution in [2.75, 3.05) is 7.11 Å². The van der Waals surface area contributed by atoms with Crippen molar-refractivity contribution in [1.82, 2.24) is 0 Å². The molecule has 0 amide bonds. The molecule has 0 spiro atoms. The Morgan fingerprint density at radius 1 is 1.40 bits per heavy atom. The van der Waals surface area contributed by atoms with Crippen molar-refractivity contribution in [2.45, 2.75) is 13.8 Å². The molecular formula is C9H14O. The minimum atomic E-state index is 0.678. The van der Waals surface area contributed by atoms with Crippen LogP contribution in [0, 0.1) is 0 Å². The molecular weight excluding hydrogens is 124 g/mol. The molecule has 0 unspecified atom stereocenters. The molecule has 0 atom stereocenters. The molecule has 0 rings (SSSR count). The summed E-state index contributed by atoms with van der Waals surface area (Å²) in [6, 6.07) is 0. The zero-order valence-corrected chi connectivity index (χ0v) is 6.85. The van der Waals surface area contributed by atoms with E-state index in [0.717, 1.165) is 0 Å². The summed E-state index contributed by atoms with van der Waals surface area (Å²) in [7, 11) is 1.61. The number of rotatable bonds is 3. The van der Waals surface area contributed by atoms with E-state index in [-0.39, 0.29) is 0 Å². The van der Waals surface area contributed by atoms with Crippen LogP contribution in [-0.2, 0) is 4.74 Å². The summed E-state index contributed by atoms with van der Waals surface area (Å²) in [5, 5.41) is 0. The molecule has 0 aliphatic heterocycles. The lowest BCUT2D eigenvalue weighted by atomic mass is 10.3. The smallest absolute Gasteiger partial charge is 0.111 e. The van der Waals surface area contributed by atoms with Crippen molar-refractivity contribution in [2.24, 2.45) is 0 Å². The highest BCUT2D eigenvalue weighted by Gasteiger charge is 1.77. The van der Waals surface area contributed by atoms with E-state index in [9.17, 15) is 0 Å². The average molecular weight is 138 g/mol. The third kappa shape index (κ3) is 5.16. The van der Waals surface area contributed by atoms with Crippen LogP contribution < -0.4 is 0 Å². The first kappa shape index (κ1) is 9.02. The predicted molar refractivity (Wildman–Crippen MR) is 44.7 cm³/mol. The summed E-state index contributed by atoms with van der Waals surface area (Å²) in [6.07, 6.45) is 5.75. The molecule has 1 heteroatoms. The maximum Gasteiger partial charge on any atom is 0.111 e. The van der Waals surface area contributed by atoms with Gasteiger partial charge in [-0.15, -0.1) is 0 Å². The standard InChI is InChI=1S/C9H14O/c1-8(2)6-5-7-9(3)10-4/h5-7H,3H2,1-2,4H3. The number of hydrogen-bond acceptors (Lipinski definition) is 1. The average Bonchev–Trinajstić information content (AvgIpc) is 1.87. The van der Waals surface area contributed by atoms with E-state index in [4.69, 9.17) is 4.74 Å². The fraction of sp³-hybridized carbons (Fsp3) is 0.333. The van der Waals surface area contributed by atoms with Gasteiger partial charge in [0, 0.05) is 0 Å². The third-order valence-corrected chi connectivity index (χ3v) is 0.974. The second kappa shape index (κ2) is 4.86. The van der Waals surface area contributed by atoms with Gasteiger partial charge in [-0.25, -0.2) is 0 Å². The highest BCUT2D eigenvalue weighted by molar-refractivity contribution is 5.16. The van der Waals surface area contributed by atoms with Crippen molar-refractivity contribution in [1.29, 1.82) is 0 Å². The van der Waals surface area contributed by atoms with Crippen molar-refractivity contribution in [3.05, 3.63) is 36.1 Å². The summed E-state index contributed by atoms with van der Waals surface area (Å²) in [6.45, 7) is 7.71. The Morgan fingerprint density at radius 2 is 2.00 bits per heavy atom. The lowest BCUT2D eigenvalue weighted by molar-refractivity contribution is 0.309. The lowest BCUT2D eigenvalue weighted by Crippen LogP contribution is -1.75. The van der Waals surface area contributed by atoms with E-state index in [1.54, 1.807) is 7.11 Å². The third-order valence-electron chi connectivity index (χ3n) is 0.974. The van der Waals surface area contributed by atoms with E-state index >= 15 is 0 Å². The first-order chi connectivity index (χ1) is 4.66. The van der Waals surface area contributed by atoms with Gasteiger partial charge in [-0.05, 0) is 19.9 Å². The largest absolute Gasteiger partial charge is 0.497 e. The molecule has 0 aromatic heterocycles. The minimum Gasteiger partial charge on any atom is -0.497 e. The van der Waals surface area contributed by atoms with Crippen LogP contribution in [0.2, 0.25) is 0 Å².